The average Bonchev–Trinajstić information content (AvgIpc) is 3.36. The number of cyclic esters (lactones) is 1. The van der Waals surface area contributed by atoms with Gasteiger partial charge in [-0.1, -0.05) is 0 Å². The van der Waals surface area contributed by atoms with E-state index in [1.165, 1.54) is 0 Å². The monoisotopic (exact) mass is 394 g/mol. The molecule has 0 radical (unpaired) electrons. The molecule has 0 atom stereocenters. The number of fused-ring (bicyclic) bond motifs is 3. The number of carbonyl (C=O) groups is 1. The minimum absolute atomic E-state index is 0.129. The molecule has 2 aliphatic heterocycles. The molecule has 5 rings (SSSR count). The third-order valence-electron chi connectivity index (χ3n) is 5.36. The molecule has 0 saturated heterocycles. The lowest BCUT2D eigenvalue weighted by Gasteiger charge is -2.17. The fourth-order valence-corrected chi connectivity index (χ4v) is 3.97. The van der Waals surface area contributed by atoms with E-state index >= 15 is 0 Å². The summed E-state index contributed by atoms with van der Waals surface area (Å²) in [6.07, 6.45) is 0. The number of methoxy groups -OCH3 is 2. The molecule has 0 saturated carbocycles. The third-order valence-corrected chi connectivity index (χ3v) is 5.36. The molecule has 0 fully saturated rings. The zero-order chi connectivity index (χ0) is 20.1. The van der Waals surface area contributed by atoms with Gasteiger partial charge in [0.25, 0.3) is 0 Å². The molecule has 0 bridgehead atoms. The van der Waals surface area contributed by atoms with Gasteiger partial charge in [-0.3, -0.25) is 0 Å². The summed E-state index contributed by atoms with van der Waals surface area (Å²) in [4.78, 5) is 12.3. The second-order valence-electron chi connectivity index (χ2n) is 6.80. The van der Waals surface area contributed by atoms with Crippen LogP contribution >= 0.6 is 0 Å². The Hall–Kier alpha value is -3.45. The van der Waals surface area contributed by atoms with Gasteiger partial charge in [0.2, 0.25) is 6.79 Å². The summed E-state index contributed by atoms with van der Waals surface area (Å²) >= 11 is 0. The van der Waals surface area contributed by atoms with Crippen molar-refractivity contribution in [2.75, 3.05) is 21.0 Å². The van der Waals surface area contributed by atoms with Gasteiger partial charge in [-0.25, -0.2) is 4.79 Å². The van der Waals surface area contributed by atoms with Crippen molar-refractivity contribution in [3.63, 3.8) is 0 Å². The van der Waals surface area contributed by atoms with Crippen molar-refractivity contribution in [1.29, 1.82) is 0 Å². The summed E-state index contributed by atoms with van der Waals surface area (Å²) in [7, 11) is 3.14. The van der Waals surface area contributed by atoms with Crippen molar-refractivity contribution in [3.8, 4) is 34.1 Å². The predicted octanol–water partition coefficient (Wildman–Crippen LogP) is 3.42. The number of ether oxygens (including phenoxy) is 5. The molecule has 0 spiro atoms. The van der Waals surface area contributed by atoms with E-state index in [1.54, 1.807) is 26.4 Å². The topological polar surface area (TPSA) is 83.5 Å². The van der Waals surface area contributed by atoms with Crippen LogP contribution in [-0.2, 0) is 18.0 Å². The van der Waals surface area contributed by atoms with Crippen molar-refractivity contribution in [3.05, 3.63) is 47.0 Å². The summed E-state index contributed by atoms with van der Waals surface area (Å²) in [5.41, 5.74) is 3.48. The van der Waals surface area contributed by atoms with E-state index in [9.17, 15) is 9.90 Å². The second-order valence-corrected chi connectivity index (χ2v) is 6.80. The van der Waals surface area contributed by atoms with E-state index in [4.69, 9.17) is 23.7 Å². The number of hydrogen-bond acceptors (Lipinski definition) is 7. The van der Waals surface area contributed by atoms with Gasteiger partial charge in [-0.15, -0.1) is 0 Å². The quantitative estimate of drug-likeness (QED) is 0.679. The maximum atomic E-state index is 12.3. The van der Waals surface area contributed by atoms with Crippen LogP contribution in [0.2, 0.25) is 0 Å². The number of carbonyl (C=O) groups excluding carboxylic acids is 1. The third kappa shape index (κ3) is 2.58. The van der Waals surface area contributed by atoms with Gasteiger partial charge in [0.15, 0.2) is 23.0 Å². The zero-order valence-electron chi connectivity index (χ0n) is 15.9. The first-order chi connectivity index (χ1) is 14.1. The van der Waals surface area contributed by atoms with Crippen LogP contribution in [0.3, 0.4) is 0 Å². The first-order valence-electron chi connectivity index (χ1n) is 9.07. The first-order valence-corrected chi connectivity index (χ1v) is 9.07. The van der Waals surface area contributed by atoms with Crippen molar-refractivity contribution < 1.29 is 33.6 Å². The highest BCUT2D eigenvalue weighted by atomic mass is 16.7. The Labute approximate surface area is 166 Å². The van der Waals surface area contributed by atoms with Crippen LogP contribution < -0.4 is 18.9 Å². The van der Waals surface area contributed by atoms with Crippen LogP contribution in [0.25, 0.3) is 21.9 Å². The van der Waals surface area contributed by atoms with E-state index in [-0.39, 0.29) is 26.0 Å². The van der Waals surface area contributed by atoms with Crippen LogP contribution in [0.4, 0.5) is 0 Å². The highest BCUT2D eigenvalue weighted by Crippen LogP contribution is 2.46. The Morgan fingerprint density at radius 3 is 2.38 bits per heavy atom. The fourth-order valence-electron chi connectivity index (χ4n) is 3.97. The highest BCUT2D eigenvalue weighted by molar-refractivity contribution is 6.08. The smallest absolute Gasteiger partial charge is 0.338 e. The Balaban J connectivity index is 1.89. The number of rotatable bonds is 4. The fraction of sp³-hybridized carbons (Fsp3) is 0.227. The average molecular weight is 394 g/mol. The van der Waals surface area contributed by atoms with E-state index in [0.717, 1.165) is 27.5 Å². The molecule has 1 N–H and O–H groups in total. The number of hydrogen-bond donors (Lipinski definition) is 1. The number of aliphatic hydroxyl groups excluding tert-OH is 1. The van der Waals surface area contributed by atoms with Gasteiger partial charge in [0.05, 0.1) is 26.4 Å². The maximum Gasteiger partial charge on any atom is 0.338 e. The first kappa shape index (κ1) is 17.6. The van der Waals surface area contributed by atoms with Crippen LogP contribution in [0.5, 0.6) is 23.0 Å². The van der Waals surface area contributed by atoms with Crippen LogP contribution in [-0.4, -0.2) is 32.1 Å². The Bertz CT molecular complexity index is 1170. The van der Waals surface area contributed by atoms with Crippen LogP contribution in [0, 0.1) is 0 Å². The number of esters is 1. The Morgan fingerprint density at radius 1 is 0.931 bits per heavy atom. The standard InChI is InChI=1S/C22H18O7/c1-25-17-4-11-3-15-16(9-27-22(15)24)21(13(11)6-18(17)26-2)14-7-20-19(28-10-29-20)5-12(14)8-23/h3-7,23H,8-10H2,1-2H3. The molecule has 3 aromatic carbocycles. The Kier molecular flexibility index (Phi) is 3.99. The molecule has 7 heteroatoms. The number of benzene rings is 3. The normalized spacial score (nSPS) is 14.1. The van der Waals surface area contributed by atoms with Gasteiger partial charge in [0, 0.05) is 5.56 Å². The molecule has 29 heavy (non-hydrogen) atoms. The van der Waals surface area contributed by atoms with Gasteiger partial charge >= 0.3 is 5.97 Å². The molecule has 2 heterocycles. The summed E-state index contributed by atoms with van der Waals surface area (Å²) in [5.74, 6) is 1.93. The summed E-state index contributed by atoms with van der Waals surface area (Å²) in [6, 6.07) is 9.11. The molecule has 148 valence electrons. The van der Waals surface area contributed by atoms with Gasteiger partial charge in [-0.05, 0) is 57.8 Å². The molecular formula is C22H18O7. The second kappa shape index (κ2) is 6.56. The minimum Gasteiger partial charge on any atom is -0.493 e. The Morgan fingerprint density at radius 2 is 1.66 bits per heavy atom. The van der Waals surface area contributed by atoms with Gasteiger partial charge in [-0.2, -0.15) is 0 Å². The molecule has 2 aliphatic rings. The van der Waals surface area contributed by atoms with E-state index in [2.05, 4.69) is 0 Å². The molecule has 7 nitrogen and oxygen atoms in total. The minimum atomic E-state index is -0.371. The maximum absolute atomic E-state index is 12.3. The summed E-state index contributed by atoms with van der Waals surface area (Å²) < 4.78 is 27.2. The SMILES string of the molecule is COc1cc2cc3c(c(-c4cc5c(cc4CO)OCO5)c2cc1OC)COC3=O. The van der Waals surface area contributed by atoms with Crippen molar-refractivity contribution in [2.45, 2.75) is 13.2 Å². The molecule has 0 amide bonds. The van der Waals surface area contributed by atoms with E-state index in [0.29, 0.717) is 34.1 Å². The molecule has 0 unspecified atom stereocenters. The zero-order valence-corrected chi connectivity index (χ0v) is 15.9. The van der Waals surface area contributed by atoms with Crippen LogP contribution in [0.15, 0.2) is 30.3 Å². The van der Waals surface area contributed by atoms with Crippen molar-refractivity contribution in [1.82, 2.24) is 0 Å². The van der Waals surface area contributed by atoms with Gasteiger partial charge < -0.3 is 28.8 Å². The molecular weight excluding hydrogens is 376 g/mol. The highest BCUT2D eigenvalue weighted by Gasteiger charge is 2.29. The lowest BCUT2D eigenvalue weighted by molar-refractivity contribution is 0.0535. The largest absolute Gasteiger partial charge is 0.493 e. The lowest BCUT2D eigenvalue weighted by atomic mass is 9.88. The van der Waals surface area contributed by atoms with E-state index in [1.807, 2.05) is 18.2 Å². The molecule has 0 aliphatic carbocycles. The van der Waals surface area contributed by atoms with E-state index < -0.39 is 0 Å². The number of aliphatic hydroxyl groups is 1. The predicted molar refractivity (Wildman–Crippen MR) is 104 cm³/mol. The van der Waals surface area contributed by atoms with Crippen molar-refractivity contribution in [2.24, 2.45) is 0 Å². The van der Waals surface area contributed by atoms with Gasteiger partial charge in [0.1, 0.15) is 6.61 Å². The van der Waals surface area contributed by atoms with Crippen molar-refractivity contribution >= 4 is 16.7 Å². The summed E-state index contributed by atoms with van der Waals surface area (Å²) in [6.45, 7) is 0.0935. The lowest BCUT2D eigenvalue weighted by Crippen LogP contribution is -1.99. The molecule has 0 aromatic heterocycles. The molecule has 3 aromatic rings. The van der Waals surface area contributed by atoms with Crippen LogP contribution in [0.1, 0.15) is 21.5 Å². The summed E-state index contributed by atoms with van der Waals surface area (Å²) in [5, 5.41) is 11.7.